The second kappa shape index (κ2) is 3.62. The molecule has 0 saturated heterocycles. The van der Waals surface area contributed by atoms with Crippen LogP contribution in [0.25, 0.3) is 0 Å². The van der Waals surface area contributed by atoms with Gasteiger partial charge in [-0.15, -0.1) is 0 Å². The Labute approximate surface area is 57.5 Å². The smallest absolute Gasteiger partial charge is 0.328 e. The van der Waals surface area contributed by atoms with E-state index in [9.17, 15) is 9.59 Å². The van der Waals surface area contributed by atoms with Gasteiger partial charge in [-0.05, 0) is 6.92 Å². The number of carboxylic acid groups (broad SMARTS) is 1. The van der Waals surface area contributed by atoms with Crippen molar-refractivity contribution >= 4 is 11.9 Å². The number of nitrogens with two attached hydrogens (primary N) is 1. The Morgan fingerprint density at radius 3 is 2.40 bits per heavy atom. The number of hydrogen-bond acceptors (Lipinski definition) is 3. The molecule has 0 saturated carbocycles. The molecule has 0 radical (unpaired) electrons. The zero-order valence-corrected chi connectivity index (χ0v) is 5.42. The number of carbonyl (C=O) groups excluding carboxylic acids is 1. The van der Waals surface area contributed by atoms with Crippen LogP contribution in [-0.4, -0.2) is 17.0 Å². The van der Waals surface area contributed by atoms with Crippen LogP contribution in [0.2, 0.25) is 0 Å². The molecule has 0 aromatic rings. The topological polar surface area (TPSA) is 92.4 Å². The van der Waals surface area contributed by atoms with Gasteiger partial charge in [0.1, 0.15) is 0 Å². The van der Waals surface area contributed by atoms with Crippen molar-refractivity contribution in [3.8, 4) is 0 Å². The minimum absolute atomic E-state index is 0.0648. The summed E-state index contributed by atoms with van der Waals surface area (Å²) in [4.78, 5) is 20.4. The lowest BCUT2D eigenvalue weighted by atomic mass is 10.3. The fourth-order valence-electron chi connectivity index (χ4n) is 0.365. The molecule has 0 spiro atoms. The third-order valence-corrected chi connectivity index (χ3v) is 0.829. The highest BCUT2D eigenvalue weighted by molar-refractivity contribution is 5.98. The van der Waals surface area contributed by atoms with Crippen molar-refractivity contribution in [3.05, 3.63) is 11.6 Å². The van der Waals surface area contributed by atoms with E-state index in [-0.39, 0.29) is 5.57 Å². The molecule has 5 heteroatoms. The Kier molecular flexibility index (Phi) is 3.13. The van der Waals surface area contributed by atoms with E-state index in [1.165, 1.54) is 6.92 Å². The number of carboxylic acids is 1. The Morgan fingerprint density at radius 1 is 1.60 bits per heavy atom. The predicted molar refractivity (Wildman–Crippen MR) is 33.7 cm³/mol. The molecule has 0 aliphatic rings. The molecule has 1 amide bonds. The summed E-state index contributed by atoms with van der Waals surface area (Å²) in [6.07, 6.45) is 0.780. The van der Waals surface area contributed by atoms with Crippen LogP contribution in [0.5, 0.6) is 0 Å². The summed E-state index contributed by atoms with van der Waals surface area (Å²) < 4.78 is 0. The highest BCUT2D eigenvalue weighted by atomic mass is 16.4. The average Bonchev–Trinajstić information content (AvgIpc) is 1.85. The Morgan fingerprint density at radius 2 is 2.10 bits per heavy atom. The molecule has 0 aliphatic heterocycles. The van der Waals surface area contributed by atoms with Crippen LogP contribution in [0.1, 0.15) is 6.92 Å². The molecule has 56 valence electrons. The maximum atomic E-state index is 10.5. The minimum atomic E-state index is -1.17. The van der Waals surface area contributed by atoms with Gasteiger partial charge in [-0.3, -0.25) is 10.2 Å². The monoisotopic (exact) mass is 144 g/mol. The van der Waals surface area contributed by atoms with Crippen LogP contribution in [0.3, 0.4) is 0 Å². The van der Waals surface area contributed by atoms with Gasteiger partial charge in [0.25, 0.3) is 5.91 Å². The zero-order chi connectivity index (χ0) is 8.15. The molecule has 0 bridgehead atoms. The molecule has 4 N–H and O–H groups in total. The third kappa shape index (κ3) is 2.83. The van der Waals surface area contributed by atoms with Crippen molar-refractivity contribution < 1.29 is 14.7 Å². The van der Waals surface area contributed by atoms with Gasteiger partial charge in [0.15, 0.2) is 0 Å². The first kappa shape index (κ1) is 8.64. The van der Waals surface area contributed by atoms with E-state index in [0.29, 0.717) is 0 Å². The maximum absolute atomic E-state index is 10.5. The largest absolute Gasteiger partial charge is 0.478 e. The van der Waals surface area contributed by atoms with Crippen molar-refractivity contribution in [1.29, 1.82) is 0 Å². The van der Waals surface area contributed by atoms with E-state index in [0.717, 1.165) is 6.08 Å². The molecule has 0 aromatic heterocycles. The summed E-state index contributed by atoms with van der Waals surface area (Å²) in [6.45, 7) is 1.36. The molecule has 0 unspecified atom stereocenters. The number of hydrazine groups is 1. The lowest BCUT2D eigenvalue weighted by molar-refractivity contribution is -0.131. The van der Waals surface area contributed by atoms with E-state index < -0.39 is 11.9 Å². The van der Waals surface area contributed by atoms with Crippen molar-refractivity contribution in [3.63, 3.8) is 0 Å². The number of rotatable bonds is 2. The molecular weight excluding hydrogens is 136 g/mol. The fourth-order valence-corrected chi connectivity index (χ4v) is 0.365. The third-order valence-electron chi connectivity index (χ3n) is 0.829. The van der Waals surface area contributed by atoms with Crippen molar-refractivity contribution in [2.24, 2.45) is 5.84 Å². The second-order valence-electron chi connectivity index (χ2n) is 1.64. The lowest BCUT2D eigenvalue weighted by Gasteiger charge is -1.94. The quantitative estimate of drug-likeness (QED) is 0.201. The van der Waals surface area contributed by atoms with Crippen LogP contribution in [0.15, 0.2) is 11.6 Å². The summed E-state index contributed by atoms with van der Waals surface area (Å²) in [5, 5.41) is 8.13. The second-order valence-corrected chi connectivity index (χ2v) is 1.64. The van der Waals surface area contributed by atoms with E-state index in [4.69, 9.17) is 10.9 Å². The summed E-state index contributed by atoms with van der Waals surface area (Å²) in [6, 6.07) is 0. The maximum Gasteiger partial charge on any atom is 0.328 e. The molecule has 0 aliphatic carbocycles. The van der Waals surface area contributed by atoms with E-state index in [1.54, 1.807) is 5.43 Å². The van der Waals surface area contributed by atoms with E-state index in [2.05, 4.69) is 0 Å². The molecule has 0 heterocycles. The van der Waals surface area contributed by atoms with Gasteiger partial charge in [-0.2, -0.15) is 0 Å². The SMILES string of the molecule is CC(=CC(=O)O)C(=O)NN. The van der Waals surface area contributed by atoms with Gasteiger partial charge < -0.3 is 5.11 Å². The zero-order valence-electron chi connectivity index (χ0n) is 5.42. The predicted octanol–water partition coefficient (Wildman–Crippen LogP) is -0.993. The van der Waals surface area contributed by atoms with Gasteiger partial charge in [0.2, 0.25) is 0 Å². The standard InChI is InChI=1S/C5H8N2O3/c1-3(2-4(8)9)5(10)7-6/h2H,6H2,1H3,(H,7,10)(H,8,9). The van der Waals surface area contributed by atoms with Crippen molar-refractivity contribution in [2.45, 2.75) is 6.92 Å². The minimum Gasteiger partial charge on any atom is -0.478 e. The first-order chi connectivity index (χ1) is 4.57. The number of carbonyl (C=O) groups is 2. The molecular formula is C5H8N2O3. The number of aliphatic carboxylic acids is 1. The summed E-state index contributed by atoms with van der Waals surface area (Å²) >= 11 is 0. The van der Waals surface area contributed by atoms with Crippen LogP contribution in [0.4, 0.5) is 0 Å². The van der Waals surface area contributed by atoms with Gasteiger partial charge in [-0.1, -0.05) is 0 Å². The Bertz CT molecular complexity index is 185. The normalized spacial score (nSPS) is 10.8. The van der Waals surface area contributed by atoms with Gasteiger partial charge in [0, 0.05) is 11.6 Å². The lowest BCUT2D eigenvalue weighted by Crippen LogP contribution is -2.30. The summed E-state index contributed by atoms with van der Waals surface area (Å²) in [7, 11) is 0. The van der Waals surface area contributed by atoms with Gasteiger partial charge in [-0.25, -0.2) is 10.6 Å². The number of hydrogen-bond donors (Lipinski definition) is 3. The van der Waals surface area contributed by atoms with Gasteiger partial charge in [0.05, 0.1) is 0 Å². The molecule has 0 atom stereocenters. The van der Waals surface area contributed by atoms with Crippen molar-refractivity contribution in [2.75, 3.05) is 0 Å². The molecule has 5 nitrogen and oxygen atoms in total. The summed E-state index contributed by atoms with van der Waals surface area (Å²) in [5.74, 6) is 2.95. The Hall–Kier alpha value is -1.36. The van der Waals surface area contributed by atoms with Crippen molar-refractivity contribution in [1.82, 2.24) is 5.43 Å². The van der Waals surface area contributed by atoms with Crippen LogP contribution in [0, 0.1) is 0 Å². The molecule has 0 fully saturated rings. The molecule has 0 aromatic carbocycles. The van der Waals surface area contributed by atoms with Crippen LogP contribution >= 0.6 is 0 Å². The first-order valence-corrected chi connectivity index (χ1v) is 2.50. The molecule has 0 rings (SSSR count). The number of nitrogens with one attached hydrogen (secondary N) is 1. The Balaban J connectivity index is 4.19. The van der Waals surface area contributed by atoms with E-state index in [1.807, 2.05) is 0 Å². The van der Waals surface area contributed by atoms with Gasteiger partial charge >= 0.3 is 5.97 Å². The average molecular weight is 144 g/mol. The summed E-state index contributed by atoms with van der Waals surface area (Å²) in [5.41, 5.74) is 1.86. The molecule has 10 heavy (non-hydrogen) atoms. The van der Waals surface area contributed by atoms with E-state index >= 15 is 0 Å². The van der Waals surface area contributed by atoms with Crippen LogP contribution < -0.4 is 11.3 Å². The number of amides is 1. The van der Waals surface area contributed by atoms with Crippen LogP contribution in [-0.2, 0) is 9.59 Å². The highest BCUT2D eigenvalue weighted by Crippen LogP contribution is 1.89. The first-order valence-electron chi connectivity index (χ1n) is 2.50. The fraction of sp³-hybridized carbons (Fsp3) is 0.200. The highest BCUT2D eigenvalue weighted by Gasteiger charge is 2.01.